The van der Waals surface area contributed by atoms with Crippen LogP contribution in [0.15, 0.2) is 12.2 Å². The summed E-state index contributed by atoms with van der Waals surface area (Å²) < 4.78 is 10.5. The Labute approximate surface area is 90.6 Å². The monoisotopic (exact) mass is 223 g/mol. The minimum Gasteiger partial charge on any atom is -0.428 e. The quantitative estimate of drug-likeness (QED) is 0.354. The van der Waals surface area contributed by atoms with Gasteiger partial charge in [-0.1, -0.05) is 6.08 Å². The van der Waals surface area contributed by atoms with Crippen LogP contribution in [0.2, 0.25) is 0 Å². The van der Waals surface area contributed by atoms with Crippen LogP contribution in [0.4, 0.5) is 0 Å². The summed E-state index contributed by atoms with van der Waals surface area (Å²) in [5.41, 5.74) is 0. The Bertz CT molecular complexity index is 442. The van der Waals surface area contributed by atoms with E-state index in [1.54, 1.807) is 12.2 Å². The predicted molar refractivity (Wildman–Crippen MR) is 48.6 cm³/mol. The average molecular weight is 223 g/mol. The van der Waals surface area contributed by atoms with Gasteiger partial charge in [0.1, 0.15) is 5.92 Å². The number of imide groups is 1. The molecule has 2 bridgehead atoms. The summed E-state index contributed by atoms with van der Waals surface area (Å²) in [6, 6.07) is 0. The van der Waals surface area contributed by atoms with E-state index in [2.05, 4.69) is 5.32 Å². The highest BCUT2D eigenvalue weighted by molar-refractivity contribution is 6.07. The first kappa shape index (κ1) is 9.53. The van der Waals surface area contributed by atoms with E-state index in [0.717, 1.165) is 0 Å². The third-order valence-corrected chi connectivity index (χ3v) is 3.12. The van der Waals surface area contributed by atoms with Gasteiger partial charge < -0.3 is 9.47 Å². The van der Waals surface area contributed by atoms with E-state index in [4.69, 9.17) is 9.47 Å². The molecule has 0 aliphatic carbocycles. The number of carbonyl (C=O) groups is 3. The van der Waals surface area contributed by atoms with Crippen LogP contribution in [0.25, 0.3) is 0 Å². The van der Waals surface area contributed by atoms with Crippen LogP contribution in [0.5, 0.6) is 0 Å². The molecule has 0 radical (unpaired) electrons. The molecule has 2 amide bonds. The summed E-state index contributed by atoms with van der Waals surface area (Å²) in [6.07, 6.45) is 2.72. The van der Waals surface area contributed by atoms with Gasteiger partial charge in [-0.2, -0.15) is 0 Å². The van der Waals surface area contributed by atoms with Crippen LogP contribution in [-0.4, -0.2) is 29.7 Å². The molecule has 6 nitrogen and oxygen atoms in total. The van der Waals surface area contributed by atoms with Crippen LogP contribution in [0.3, 0.4) is 0 Å². The SMILES string of the molecule is CC(=O)OC12C=CC(O1)[C@@H]1C(=O)NC(=O)[C@@H]12. The van der Waals surface area contributed by atoms with Gasteiger partial charge in [0, 0.05) is 6.92 Å². The third kappa shape index (κ3) is 0.969. The van der Waals surface area contributed by atoms with E-state index in [1.807, 2.05) is 0 Å². The van der Waals surface area contributed by atoms with Crippen LogP contribution < -0.4 is 5.32 Å². The fourth-order valence-electron chi connectivity index (χ4n) is 2.61. The number of carbonyl (C=O) groups excluding carboxylic acids is 3. The lowest BCUT2D eigenvalue weighted by atomic mass is 9.83. The molecule has 0 aromatic heterocycles. The van der Waals surface area contributed by atoms with E-state index >= 15 is 0 Å². The van der Waals surface area contributed by atoms with Crippen molar-refractivity contribution < 1.29 is 23.9 Å². The normalized spacial score (nSPS) is 43.4. The summed E-state index contributed by atoms with van der Waals surface area (Å²) in [7, 11) is 0. The summed E-state index contributed by atoms with van der Waals surface area (Å²) >= 11 is 0. The summed E-state index contributed by atoms with van der Waals surface area (Å²) in [5.74, 6) is -4.05. The number of fused-ring (bicyclic) bond motifs is 5. The first-order chi connectivity index (χ1) is 7.53. The molecule has 3 heterocycles. The minimum atomic E-state index is -1.38. The highest BCUT2D eigenvalue weighted by atomic mass is 16.7. The van der Waals surface area contributed by atoms with Gasteiger partial charge in [-0.15, -0.1) is 0 Å². The molecule has 84 valence electrons. The molecule has 4 atom stereocenters. The molecule has 0 aromatic rings. The van der Waals surface area contributed by atoms with Crippen molar-refractivity contribution in [1.82, 2.24) is 5.32 Å². The molecule has 2 unspecified atom stereocenters. The maximum atomic E-state index is 11.6. The van der Waals surface area contributed by atoms with Crippen molar-refractivity contribution in [3.63, 3.8) is 0 Å². The molecule has 3 rings (SSSR count). The van der Waals surface area contributed by atoms with Crippen molar-refractivity contribution in [3.8, 4) is 0 Å². The summed E-state index contributed by atoms with van der Waals surface area (Å²) in [4.78, 5) is 34.1. The fraction of sp³-hybridized carbons (Fsp3) is 0.500. The number of nitrogens with one attached hydrogen (secondary N) is 1. The smallest absolute Gasteiger partial charge is 0.305 e. The van der Waals surface area contributed by atoms with Crippen LogP contribution in [-0.2, 0) is 23.9 Å². The Balaban J connectivity index is 2.03. The van der Waals surface area contributed by atoms with Crippen molar-refractivity contribution in [2.45, 2.75) is 18.8 Å². The number of esters is 1. The Morgan fingerprint density at radius 3 is 2.94 bits per heavy atom. The van der Waals surface area contributed by atoms with E-state index in [1.165, 1.54) is 6.92 Å². The van der Waals surface area contributed by atoms with Crippen LogP contribution >= 0.6 is 0 Å². The zero-order valence-electron chi connectivity index (χ0n) is 8.43. The molecule has 3 aliphatic rings. The van der Waals surface area contributed by atoms with E-state index < -0.39 is 35.6 Å². The Morgan fingerprint density at radius 2 is 2.25 bits per heavy atom. The molecule has 6 heteroatoms. The number of hydrogen-bond donors (Lipinski definition) is 1. The Kier molecular flexibility index (Phi) is 1.61. The second-order valence-corrected chi connectivity index (χ2v) is 4.11. The van der Waals surface area contributed by atoms with E-state index in [-0.39, 0.29) is 5.91 Å². The standard InChI is InChI=1S/C10H9NO5/c1-4(12)15-10-3-2-5(16-10)6-7(10)9(14)11-8(6)13/h2-3,5-7H,1H3,(H,11,13,14)/t5?,6-,7+,10?/m0/s1. The zero-order valence-corrected chi connectivity index (χ0v) is 8.43. The van der Waals surface area contributed by atoms with Gasteiger partial charge in [0.15, 0.2) is 0 Å². The third-order valence-electron chi connectivity index (χ3n) is 3.12. The first-order valence-electron chi connectivity index (χ1n) is 4.95. The lowest BCUT2D eigenvalue weighted by molar-refractivity contribution is -0.202. The van der Waals surface area contributed by atoms with Crippen molar-refractivity contribution in [3.05, 3.63) is 12.2 Å². The lowest BCUT2D eigenvalue weighted by Crippen LogP contribution is -2.42. The molecule has 0 aromatic carbocycles. The molecule has 1 N–H and O–H groups in total. The van der Waals surface area contributed by atoms with Crippen molar-refractivity contribution >= 4 is 17.8 Å². The zero-order chi connectivity index (χ0) is 11.5. The molecule has 0 saturated carbocycles. The largest absolute Gasteiger partial charge is 0.428 e. The van der Waals surface area contributed by atoms with Gasteiger partial charge in [-0.05, 0) is 6.08 Å². The van der Waals surface area contributed by atoms with Gasteiger partial charge in [-0.3, -0.25) is 19.7 Å². The fourth-order valence-corrected chi connectivity index (χ4v) is 2.61. The van der Waals surface area contributed by atoms with Gasteiger partial charge in [0.05, 0.1) is 12.0 Å². The van der Waals surface area contributed by atoms with Crippen molar-refractivity contribution in [1.29, 1.82) is 0 Å². The van der Waals surface area contributed by atoms with Crippen molar-refractivity contribution in [2.75, 3.05) is 0 Å². The number of rotatable bonds is 1. The number of hydrogen-bond acceptors (Lipinski definition) is 5. The Morgan fingerprint density at radius 1 is 1.50 bits per heavy atom. The molecule has 16 heavy (non-hydrogen) atoms. The molecule has 3 aliphatic heterocycles. The highest BCUT2D eigenvalue weighted by Gasteiger charge is 2.67. The van der Waals surface area contributed by atoms with Gasteiger partial charge in [0.25, 0.3) is 0 Å². The van der Waals surface area contributed by atoms with Gasteiger partial charge in [0.2, 0.25) is 17.6 Å². The maximum Gasteiger partial charge on any atom is 0.305 e. The maximum absolute atomic E-state index is 11.6. The molecular weight excluding hydrogens is 214 g/mol. The van der Waals surface area contributed by atoms with Crippen LogP contribution in [0, 0.1) is 11.8 Å². The highest BCUT2D eigenvalue weighted by Crippen LogP contribution is 2.50. The molecule has 2 fully saturated rings. The summed E-state index contributed by atoms with van der Waals surface area (Å²) in [6.45, 7) is 1.24. The Hall–Kier alpha value is -1.69. The molecule has 0 spiro atoms. The van der Waals surface area contributed by atoms with Crippen LogP contribution in [0.1, 0.15) is 6.92 Å². The number of ether oxygens (including phenoxy) is 2. The second kappa shape index (κ2) is 2.70. The van der Waals surface area contributed by atoms with Gasteiger partial charge >= 0.3 is 5.97 Å². The summed E-state index contributed by atoms with van der Waals surface area (Å²) in [5, 5.41) is 2.23. The van der Waals surface area contributed by atoms with E-state index in [9.17, 15) is 14.4 Å². The first-order valence-corrected chi connectivity index (χ1v) is 4.95. The lowest BCUT2D eigenvalue weighted by Gasteiger charge is -2.26. The number of amides is 2. The minimum absolute atomic E-state index is 0.363. The predicted octanol–water partition coefficient (Wildman–Crippen LogP) is -0.897. The van der Waals surface area contributed by atoms with Crippen molar-refractivity contribution in [2.24, 2.45) is 11.8 Å². The van der Waals surface area contributed by atoms with E-state index in [0.29, 0.717) is 0 Å². The second-order valence-electron chi connectivity index (χ2n) is 4.11. The molecule has 2 saturated heterocycles. The van der Waals surface area contributed by atoms with Gasteiger partial charge in [-0.25, -0.2) is 0 Å². The molecular formula is C10H9NO5. The topological polar surface area (TPSA) is 81.7 Å². The average Bonchev–Trinajstić information content (AvgIpc) is 2.77.